The van der Waals surface area contributed by atoms with Crippen molar-refractivity contribution in [3.63, 3.8) is 0 Å². The summed E-state index contributed by atoms with van der Waals surface area (Å²) < 4.78 is 0. The molecule has 0 bridgehead atoms. The van der Waals surface area contributed by atoms with Crippen LogP contribution in [0.4, 0.5) is 0 Å². The maximum atomic E-state index is 6.64. The minimum Gasteiger partial charge on any atom is -0.347 e. The van der Waals surface area contributed by atoms with Gasteiger partial charge in [0, 0.05) is 13.1 Å². The lowest BCUT2D eigenvalue weighted by atomic mass is 10.6. The molecule has 0 amide bonds. The molecule has 0 aromatic carbocycles. The molecule has 2 heteroatoms. The van der Waals surface area contributed by atoms with E-state index in [-0.39, 0.29) is 0 Å². The predicted octanol–water partition coefficient (Wildman–Crippen LogP) is 0.342. The molecule has 1 aliphatic rings. The Morgan fingerprint density at radius 3 is 2.29 bits per heavy atom. The number of hydrogen-bond acceptors (Lipinski definition) is 1. The molecule has 0 aromatic rings. The van der Waals surface area contributed by atoms with Crippen LogP contribution in [0.2, 0.25) is 0 Å². The third-order valence-electron chi connectivity index (χ3n) is 0.976. The maximum Gasteiger partial charge on any atom is 0.164 e. The fourth-order valence-corrected chi connectivity index (χ4v) is 0.569. The molecular weight excluding hydrogens is 88.1 g/mol. The van der Waals surface area contributed by atoms with Crippen molar-refractivity contribution in [3.8, 4) is 0 Å². The minimum absolute atomic E-state index is 0.865. The van der Waals surface area contributed by atoms with Gasteiger partial charge >= 0.3 is 0 Å². The summed E-state index contributed by atoms with van der Waals surface area (Å²) in [6.07, 6.45) is 6.34. The van der Waals surface area contributed by atoms with E-state index in [2.05, 4.69) is 6.34 Å². The van der Waals surface area contributed by atoms with E-state index in [4.69, 9.17) is 5.41 Å². The number of hydrogen-bond donors (Lipinski definition) is 1. The third kappa shape index (κ3) is 0.796. The van der Waals surface area contributed by atoms with Crippen LogP contribution in [0.25, 0.3) is 0 Å². The zero-order chi connectivity index (χ0) is 5.11. The van der Waals surface area contributed by atoms with Gasteiger partial charge in [-0.25, -0.2) is 0 Å². The van der Waals surface area contributed by atoms with Crippen LogP contribution in [-0.2, 0) is 0 Å². The predicted molar refractivity (Wildman–Crippen MR) is 28.4 cm³/mol. The van der Waals surface area contributed by atoms with Crippen molar-refractivity contribution in [1.82, 2.24) is 4.90 Å². The summed E-state index contributed by atoms with van der Waals surface area (Å²) >= 11 is 0. The SMILES string of the molecule is N=[C]N1CC=CC1. The van der Waals surface area contributed by atoms with E-state index in [0.717, 1.165) is 13.1 Å². The van der Waals surface area contributed by atoms with Crippen molar-refractivity contribution in [2.45, 2.75) is 0 Å². The van der Waals surface area contributed by atoms with E-state index in [9.17, 15) is 0 Å². The summed E-state index contributed by atoms with van der Waals surface area (Å²) in [5.41, 5.74) is 0. The van der Waals surface area contributed by atoms with E-state index in [1.807, 2.05) is 12.2 Å². The van der Waals surface area contributed by atoms with E-state index >= 15 is 0 Å². The Kier molecular flexibility index (Phi) is 1.11. The van der Waals surface area contributed by atoms with E-state index < -0.39 is 0 Å². The summed E-state index contributed by atoms with van der Waals surface area (Å²) in [5, 5.41) is 6.64. The van der Waals surface area contributed by atoms with Gasteiger partial charge in [0.2, 0.25) is 0 Å². The zero-order valence-corrected chi connectivity index (χ0v) is 4.02. The highest BCUT2D eigenvalue weighted by atomic mass is 15.1. The maximum absolute atomic E-state index is 6.64. The molecule has 0 saturated heterocycles. The minimum atomic E-state index is 0.865. The van der Waals surface area contributed by atoms with E-state index in [0.29, 0.717) is 0 Å². The molecule has 0 aliphatic carbocycles. The standard InChI is InChI=1S/C5H7N2/c6-5-7-3-1-2-4-7/h1-2,6H,3-4H2. The Bertz CT molecular complexity index is 88.3. The van der Waals surface area contributed by atoms with Crippen molar-refractivity contribution in [2.24, 2.45) is 0 Å². The van der Waals surface area contributed by atoms with Crippen LogP contribution in [0.15, 0.2) is 12.2 Å². The molecule has 0 aromatic heterocycles. The molecule has 1 radical (unpaired) electrons. The first-order valence-corrected chi connectivity index (χ1v) is 2.26. The molecule has 0 unspecified atom stereocenters. The first kappa shape index (κ1) is 4.37. The van der Waals surface area contributed by atoms with Gasteiger partial charge in [-0.2, -0.15) is 0 Å². The second-order valence-electron chi connectivity index (χ2n) is 1.49. The largest absolute Gasteiger partial charge is 0.347 e. The van der Waals surface area contributed by atoms with Gasteiger partial charge in [-0.1, -0.05) is 12.2 Å². The molecule has 0 spiro atoms. The molecular formula is C5H7N2. The number of nitrogens with one attached hydrogen (secondary N) is 1. The fraction of sp³-hybridized carbons (Fsp3) is 0.400. The Balaban J connectivity index is 2.35. The third-order valence-corrected chi connectivity index (χ3v) is 0.976. The normalized spacial score (nSPS) is 18.0. The lowest BCUT2D eigenvalue weighted by molar-refractivity contribution is 0.554. The number of nitrogens with zero attached hydrogens (tertiary/aromatic N) is 1. The highest BCUT2D eigenvalue weighted by molar-refractivity contribution is 5.52. The lowest BCUT2D eigenvalue weighted by Crippen LogP contribution is -2.16. The second-order valence-corrected chi connectivity index (χ2v) is 1.49. The highest BCUT2D eigenvalue weighted by Gasteiger charge is 1.98. The first-order valence-electron chi connectivity index (χ1n) is 2.26. The van der Waals surface area contributed by atoms with Crippen LogP contribution in [0.5, 0.6) is 0 Å². The van der Waals surface area contributed by atoms with Gasteiger partial charge in [0.25, 0.3) is 0 Å². The van der Waals surface area contributed by atoms with Crippen LogP contribution in [0, 0.1) is 5.41 Å². The topological polar surface area (TPSA) is 27.1 Å². The van der Waals surface area contributed by atoms with Gasteiger partial charge in [0.15, 0.2) is 6.34 Å². The summed E-state index contributed by atoms with van der Waals surface area (Å²) in [6, 6.07) is 0. The van der Waals surface area contributed by atoms with Gasteiger partial charge in [-0.15, -0.1) is 0 Å². The molecule has 7 heavy (non-hydrogen) atoms. The Hall–Kier alpha value is -0.790. The van der Waals surface area contributed by atoms with Crippen molar-refractivity contribution < 1.29 is 0 Å². The molecule has 2 nitrogen and oxygen atoms in total. The van der Waals surface area contributed by atoms with Crippen molar-refractivity contribution in [2.75, 3.05) is 13.1 Å². The first-order chi connectivity index (χ1) is 3.43. The number of rotatable bonds is 1. The van der Waals surface area contributed by atoms with Crippen molar-refractivity contribution in [1.29, 1.82) is 5.41 Å². The average molecular weight is 95.1 g/mol. The molecule has 0 fully saturated rings. The average Bonchev–Trinajstić information content (AvgIpc) is 2.14. The Morgan fingerprint density at radius 2 is 2.00 bits per heavy atom. The van der Waals surface area contributed by atoms with Crippen LogP contribution < -0.4 is 0 Å². The molecule has 1 aliphatic heterocycles. The van der Waals surface area contributed by atoms with Gasteiger partial charge in [-0.05, 0) is 0 Å². The summed E-state index contributed by atoms with van der Waals surface area (Å²) in [5.74, 6) is 0. The molecule has 1 heterocycles. The quantitative estimate of drug-likeness (QED) is 0.284. The molecule has 1 N–H and O–H groups in total. The Labute approximate surface area is 42.9 Å². The summed E-state index contributed by atoms with van der Waals surface area (Å²) in [6.45, 7) is 1.73. The van der Waals surface area contributed by atoms with Crippen molar-refractivity contribution in [3.05, 3.63) is 12.2 Å². The highest BCUT2D eigenvalue weighted by Crippen LogP contribution is 1.92. The monoisotopic (exact) mass is 95.1 g/mol. The van der Waals surface area contributed by atoms with Crippen LogP contribution in [-0.4, -0.2) is 24.3 Å². The lowest BCUT2D eigenvalue weighted by Gasteiger charge is -2.04. The molecule has 37 valence electrons. The summed E-state index contributed by atoms with van der Waals surface area (Å²) in [4.78, 5) is 1.79. The van der Waals surface area contributed by atoms with Crippen LogP contribution in [0.1, 0.15) is 0 Å². The van der Waals surface area contributed by atoms with Gasteiger partial charge in [0.1, 0.15) is 0 Å². The van der Waals surface area contributed by atoms with Crippen molar-refractivity contribution >= 4 is 6.34 Å². The molecule has 1 rings (SSSR count). The van der Waals surface area contributed by atoms with E-state index in [1.165, 1.54) is 0 Å². The molecule has 0 saturated carbocycles. The molecule has 0 atom stereocenters. The summed E-state index contributed by atoms with van der Waals surface area (Å²) in [7, 11) is 0. The van der Waals surface area contributed by atoms with Gasteiger partial charge in [-0.3, -0.25) is 5.41 Å². The van der Waals surface area contributed by atoms with Gasteiger partial charge in [0.05, 0.1) is 0 Å². The Morgan fingerprint density at radius 1 is 1.43 bits per heavy atom. The van der Waals surface area contributed by atoms with E-state index in [1.54, 1.807) is 4.90 Å². The van der Waals surface area contributed by atoms with Crippen LogP contribution >= 0.6 is 0 Å². The zero-order valence-electron chi connectivity index (χ0n) is 4.02. The van der Waals surface area contributed by atoms with Gasteiger partial charge < -0.3 is 4.90 Å². The van der Waals surface area contributed by atoms with Crippen LogP contribution in [0.3, 0.4) is 0 Å². The smallest absolute Gasteiger partial charge is 0.164 e. The second kappa shape index (κ2) is 1.78. The fourth-order valence-electron chi connectivity index (χ4n) is 0.569.